The van der Waals surface area contributed by atoms with Crippen molar-refractivity contribution in [1.29, 1.82) is 0 Å². The largest absolute Gasteiger partial charge is 0.369 e. The Balaban J connectivity index is 1.68. The Hall–Kier alpha value is -1.07. The zero-order chi connectivity index (χ0) is 14.4. The molecule has 1 aromatic carbocycles. The fraction of sp³-hybridized carbons (Fsp3) is 0.562. The maximum atomic E-state index is 6.25. The van der Waals surface area contributed by atoms with Crippen LogP contribution in [0.2, 0.25) is 0 Å². The van der Waals surface area contributed by atoms with Crippen LogP contribution in [-0.2, 0) is 0 Å². The van der Waals surface area contributed by atoms with E-state index in [2.05, 4.69) is 55.0 Å². The fourth-order valence-corrected chi connectivity index (χ4v) is 4.68. The van der Waals surface area contributed by atoms with Gasteiger partial charge < -0.3 is 15.5 Å². The minimum atomic E-state index is 0.0936. The van der Waals surface area contributed by atoms with Crippen molar-refractivity contribution in [2.24, 2.45) is 10.7 Å². The van der Waals surface area contributed by atoms with Gasteiger partial charge in [0.25, 0.3) is 0 Å². The number of guanidine groups is 1. The Morgan fingerprint density at radius 3 is 3.10 bits per heavy atom. The van der Waals surface area contributed by atoms with Crippen LogP contribution in [0.3, 0.4) is 0 Å². The second-order valence-electron chi connectivity index (χ2n) is 6.50. The molecule has 0 bridgehead atoms. The van der Waals surface area contributed by atoms with Gasteiger partial charge in [0, 0.05) is 22.7 Å². The maximum absolute atomic E-state index is 6.25. The smallest absolute Gasteiger partial charge is 0.196 e. The summed E-state index contributed by atoms with van der Waals surface area (Å²) in [5.74, 6) is 0.680. The lowest BCUT2D eigenvalue weighted by Crippen LogP contribution is -2.59. The average Bonchev–Trinajstić information content (AvgIpc) is 3.04. The van der Waals surface area contributed by atoms with E-state index in [0.717, 1.165) is 29.2 Å². The quantitative estimate of drug-likeness (QED) is 0.848. The van der Waals surface area contributed by atoms with Crippen molar-refractivity contribution in [3.8, 4) is 0 Å². The number of fused-ring (bicyclic) bond motifs is 1. The minimum Gasteiger partial charge on any atom is -0.369 e. The third-order valence-electron chi connectivity index (χ3n) is 5.28. The molecule has 3 heterocycles. The highest BCUT2D eigenvalue weighted by molar-refractivity contribution is 9.10. The summed E-state index contributed by atoms with van der Waals surface area (Å²) in [5.41, 5.74) is 7.51. The van der Waals surface area contributed by atoms with Crippen molar-refractivity contribution in [1.82, 2.24) is 4.90 Å². The summed E-state index contributed by atoms with van der Waals surface area (Å²) in [5, 5.41) is 0. The van der Waals surface area contributed by atoms with Gasteiger partial charge in [-0.1, -0.05) is 22.0 Å². The highest BCUT2D eigenvalue weighted by Gasteiger charge is 2.49. The molecule has 5 heteroatoms. The Morgan fingerprint density at radius 2 is 2.24 bits per heavy atom. The second kappa shape index (κ2) is 4.99. The van der Waals surface area contributed by atoms with Crippen LogP contribution in [-0.4, -0.2) is 42.1 Å². The van der Waals surface area contributed by atoms with Crippen LogP contribution in [0.4, 0.5) is 5.69 Å². The van der Waals surface area contributed by atoms with Crippen molar-refractivity contribution in [3.63, 3.8) is 0 Å². The highest BCUT2D eigenvalue weighted by Crippen LogP contribution is 2.41. The molecule has 2 saturated heterocycles. The van der Waals surface area contributed by atoms with Gasteiger partial charge in [-0.3, -0.25) is 4.99 Å². The number of anilines is 1. The van der Waals surface area contributed by atoms with Crippen molar-refractivity contribution in [3.05, 3.63) is 28.7 Å². The van der Waals surface area contributed by atoms with Crippen LogP contribution in [0.5, 0.6) is 0 Å². The van der Waals surface area contributed by atoms with Crippen molar-refractivity contribution in [2.45, 2.75) is 37.3 Å². The van der Waals surface area contributed by atoms with E-state index in [1.54, 1.807) is 0 Å². The van der Waals surface area contributed by atoms with Gasteiger partial charge in [-0.05, 0) is 50.4 Å². The van der Waals surface area contributed by atoms with E-state index >= 15 is 0 Å². The van der Waals surface area contributed by atoms with Crippen LogP contribution in [0.15, 0.2) is 33.7 Å². The van der Waals surface area contributed by atoms with Gasteiger partial charge in [-0.2, -0.15) is 0 Å². The standard InChI is InChI=1S/C16H21BrN4/c17-12-3-1-4-13(9-12)21-15(18)19-11-16(21)6-8-20-7-2-5-14(20)10-16/h1,3-4,9,14H,2,5-8,10-11H2,(H2,18,19). The molecule has 21 heavy (non-hydrogen) atoms. The van der Waals surface area contributed by atoms with E-state index in [-0.39, 0.29) is 5.54 Å². The van der Waals surface area contributed by atoms with Crippen LogP contribution >= 0.6 is 15.9 Å². The summed E-state index contributed by atoms with van der Waals surface area (Å²) >= 11 is 3.57. The Labute approximate surface area is 134 Å². The molecule has 4 rings (SSSR count). The monoisotopic (exact) mass is 348 g/mol. The molecule has 0 amide bonds. The lowest BCUT2D eigenvalue weighted by atomic mass is 9.82. The first kappa shape index (κ1) is 13.6. The summed E-state index contributed by atoms with van der Waals surface area (Å²) in [7, 11) is 0. The number of piperidine rings is 1. The summed E-state index contributed by atoms with van der Waals surface area (Å²) in [6.45, 7) is 3.29. The number of aliphatic imine (C=N–C) groups is 1. The molecule has 112 valence electrons. The molecule has 0 saturated carbocycles. The topological polar surface area (TPSA) is 44.9 Å². The lowest BCUT2D eigenvalue weighted by molar-refractivity contribution is 0.140. The predicted octanol–water partition coefficient (Wildman–Crippen LogP) is 2.58. The molecule has 1 spiro atoms. The SMILES string of the molecule is NC1=NCC2(CCN3CCCC3C2)N1c1cccc(Br)c1. The van der Waals surface area contributed by atoms with Gasteiger partial charge >= 0.3 is 0 Å². The highest BCUT2D eigenvalue weighted by atomic mass is 79.9. The number of rotatable bonds is 1. The van der Waals surface area contributed by atoms with E-state index < -0.39 is 0 Å². The van der Waals surface area contributed by atoms with Gasteiger partial charge in [0.05, 0.1) is 12.1 Å². The zero-order valence-electron chi connectivity index (χ0n) is 12.1. The molecule has 3 aliphatic heterocycles. The van der Waals surface area contributed by atoms with E-state index in [4.69, 9.17) is 5.73 Å². The summed E-state index contributed by atoms with van der Waals surface area (Å²) in [6, 6.07) is 9.13. The normalized spacial score (nSPS) is 32.5. The summed E-state index contributed by atoms with van der Waals surface area (Å²) in [4.78, 5) is 9.55. The molecule has 4 nitrogen and oxygen atoms in total. The Morgan fingerprint density at radius 1 is 1.33 bits per heavy atom. The molecule has 2 N–H and O–H groups in total. The van der Waals surface area contributed by atoms with Gasteiger partial charge in [-0.25, -0.2) is 0 Å². The summed E-state index contributed by atoms with van der Waals surface area (Å²) < 4.78 is 1.09. The number of hydrogen-bond donors (Lipinski definition) is 1. The molecule has 2 atom stereocenters. The molecular weight excluding hydrogens is 328 g/mol. The molecule has 2 unspecified atom stereocenters. The number of nitrogens with zero attached hydrogens (tertiary/aromatic N) is 3. The van der Waals surface area contributed by atoms with Crippen LogP contribution < -0.4 is 10.6 Å². The molecular formula is C16H21BrN4. The first-order valence-electron chi connectivity index (χ1n) is 7.78. The van der Waals surface area contributed by atoms with Gasteiger partial charge in [-0.15, -0.1) is 0 Å². The number of nitrogens with two attached hydrogens (primary N) is 1. The predicted molar refractivity (Wildman–Crippen MR) is 89.7 cm³/mol. The summed E-state index contributed by atoms with van der Waals surface area (Å²) in [6.07, 6.45) is 5.01. The second-order valence-corrected chi connectivity index (χ2v) is 7.42. The minimum absolute atomic E-state index is 0.0936. The molecule has 1 aromatic rings. The zero-order valence-corrected chi connectivity index (χ0v) is 13.7. The van der Waals surface area contributed by atoms with Crippen molar-refractivity contribution >= 4 is 27.6 Å². The van der Waals surface area contributed by atoms with Crippen molar-refractivity contribution < 1.29 is 0 Å². The first-order chi connectivity index (χ1) is 10.2. The van der Waals surface area contributed by atoms with Gasteiger partial charge in [0.2, 0.25) is 0 Å². The molecule has 0 aliphatic carbocycles. The average molecular weight is 349 g/mol. The maximum Gasteiger partial charge on any atom is 0.196 e. The van der Waals surface area contributed by atoms with Crippen LogP contribution in [0.1, 0.15) is 25.7 Å². The molecule has 0 radical (unpaired) electrons. The van der Waals surface area contributed by atoms with E-state index in [1.807, 2.05) is 0 Å². The number of halogens is 1. The molecule has 3 aliphatic rings. The van der Waals surface area contributed by atoms with E-state index in [0.29, 0.717) is 5.96 Å². The molecule has 2 fully saturated rings. The Kier molecular flexibility index (Phi) is 3.23. The number of hydrogen-bond acceptors (Lipinski definition) is 4. The number of benzene rings is 1. The van der Waals surface area contributed by atoms with Gasteiger partial charge in [0.1, 0.15) is 0 Å². The lowest BCUT2D eigenvalue weighted by Gasteiger charge is -2.47. The third-order valence-corrected chi connectivity index (χ3v) is 5.78. The van der Waals surface area contributed by atoms with Crippen molar-refractivity contribution in [2.75, 3.05) is 24.5 Å². The van der Waals surface area contributed by atoms with E-state index in [1.165, 1.54) is 32.4 Å². The van der Waals surface area contributed by atoms with Gasteiger partial charge in [0.15, 0.2) is 5.96 Å². The molecule has 0 aromatic heterocycles. The fourth-order valence-electron chi connectivity index (χ4n) is 4.29. The van der Waals surface area contributed by atoms with Crippen LogP contribution in [0.25, 0.3) is 0 Å². The van der Waals surface area contributed by atoms with Crippen LogP contribution in [0, 0.1) is 0 Å². The Bertz CT molecular complexity index is 587. The van der Waals surface area contributed by atoms with E-state index in [9.17, 15) is 0 Å². The first-order valence-corrected chi connectivity index (χ1v) is 8.57. The third kappa shape index (κ3) is 2.18.